The molecular weight excluding hydrogens is 328 g/mol. The summed E-state index contributed by atoms with van der Waals surface area (Å²) in [4.78, 5) is 46.5. The van der Waals surface area contributed by atoms with E-state index in [1.165, 1.54) is 0 Å². The summed E-state index contributed by atoms with van der Waals surface area (Å²) < 4.78 is 5.34. The molecule has 0 radical (unpaired) electrons. The molecule has 25 heavy (non-hydrogen) atoms. The average Bonchev–Trinajstić information content (AvgIpc) is 2.57. The SMILES string of the molecule is CCOc1ccccc1C(=O)NCC(=O)NNC(=O)C(=O)NC(C)C. The molecular formula is C16H22N4O5. The van der Waals surface area contributed by atoms with Gasteiger partial charge < -0.3 is 15.4 Å². The Morgan fingerprint density at radius 1 is 1.04 bits per heavy atom. The largest absolute Gasteiger partial charge is 0.493 e. The van der Waals surface area contributed by atoms with Crippen LogP contribution in [0, 0.1) is 0 Å². The fourth-order valence-electron chi connectivity index (χ4n) is 1.75. The molecule has 0 aliphatic carbocycles. The van der Waals surface area contributed by atoms with Gasteiger partial charge in [0.1, 0.15) is 5.75 Å². The van der Waals surface area contributed by atoms with E-state index in [9.17, 15) is 19.2 Å². The lowest BCUT2D eigenvalue weighted by molar-refractivity contribution is -0.141. The van der Waals surface area contributed by atoms with Gasteiger partial charge in [-0.05, 0) is 32.9 Å². The maximum atomic E-state index is 12.1. The molecule has 1 rings (SSSR count). The molecule has 0 spiro atoms. The Balaban J connectivity index is 2.45. The Bertz CT molecular complexity index is 645. The zero-order valence-electron chi connectivity index (χ0n) is 14.3. The van der Waals surface area contributed by atoms with Crippen molar-refractivity contribution in [2.45, 2.75) is 26.8 Å². The van der Waals surface area contributed by atoms with Crippen LogP contribution in [0.1, 0.15) is 31.1 Å². The summed E-state index contributed by atoms with van der Waals surface area (Å²) in [7, 11) is 0. The highest BCUT2D eigenvalue weighted by Crippen LogP contribution is 2.17. The quantitative estimate of drug-likeness (QED) is 0.406. The lowest BCUT2D eigenvalue weighted by Gasteiger charge is -2.11. The summed E-state index contributed by atoms with van der Waals surface area (Å²) in [6.45, 7) is 5.19. The molecule has 4 N–H and O–H groups in total. The Morgan fingerprint density at radius 3 is 2.36 bits per heavy atom. The molecule has 0 heterocycles. The predicted octanol–water partition coefficient (Wildman–Crippen LogP) is -0.513. The van der Waals surface area contributed by atoms with Gasteiger partial charge in [-0.25, -0.2) is 0 Å². The van der Waals surface area contributed by atoms with Gasteiger partial charge in [0.05, 0.1) is 18.7 Å². The molecule has 0 saturated heterocycles. The number of hydrazine groups is 1. The van der Waals surface area contributed by atoms with Crippen molar-refractivity contribution in [3.8, 4) is 5.75 Å². The molecule has 0 aliphatic rings. The van der Waals surface area contributed by atoms with E-state index in [1.807, 2.05) is 10.9 Å². The second-order valence-corrected chi connectivity index (χ2v) is 5.24. The first-order chi connectivity index (χ1) is 11.8. The Labute approximate surface area is 145 Å². The maximum Gasteiger partial charge on any atom is 0.327 e. The molecule has 136 valence electrons. The third-order valence-corrected chi connectivity index (χ3v) is 2.78. The summed E-state index contributed by atoms with van der Waals surface area (Å²) in [5.74, 6) is -2.65. The molecule has 1 aromatic rings. The van der Waals surface area contributed by atoms with Gasteiger partial charge in [-0.2, -0.15) is 0 Å². The average molecular weight is 350 g/mol. The van der Waals surface area contributed by atoms with Gasteiger partial charge in [-0.1, -0.05) is 12.1 Å². The molecule has 0 aromatic heterocycles. The minimum Gasteiger partial charge on any atom is -0.493 e. The Kier molecular flexibility index (Phi) is 7.91. The molecule has 0 bridgehead atoms. The van der Waals surface area contributed by atoms with Crippen molar-refractivity contribution < 1.29 is 23.9 Å². The third-order valence-electron chi connectivity index (χ3n) is 2.78. The first-order valence-electron chi connectivity index (χ1n) is 7.74. The van der Waals surface area contributed by atoms with Crippen molar-refractivity contribution in [2.24, 2.45) is 0 Å². The molecule has 0 aliphatic heterocycles. The lowest BCUT2D eigenvalue weighted by atomic mass is 10.2. The predicted molar refractivity (Wildman–Crippen MR) is 89.5 cm³/mol. The number of carbonyl (C=O) groups excluding carboxylic acids is 4. The molecule has 0 fully saturated rings. The van der Waals surface area contributed by atoms with Gasteiger partial charge in [0.2, 0.25) is 0 Å². The minimum absolute atomic E-state index is 0.210. The van der Waals surface area contributed by atoms with Crippen LogP contribution in [0.5, 0.6) is 5.75 Å². The van der Waals surface area contributed by atoms with E-state index >= 15 is 0 Å². The number of hydrogen-bond donors (Lipinski definition) is 4. The summed E-state index contributed by atoms with van der Waals surface area (Å²) in [6.07, 6.45) is 0. The van der Waals surface area contributed by atoms with Gasteiger partial charge in [0.15, 0.2) is 0 Å². The highest BCUT2D eigenvalue weighted by Gasteiger charge is 2.16. The highest BCUT2D eigenvalue weighted by atomic mass is 16.5. The molecule has 0 saturated carbocycles. The van der Waals surface area contributed by atoms with E-state index < -0.39 is 23.6 Å². The van der Waals surface area contributed by atoms with Crippen LogP contribution in [-0.4, -0.2) is 42.8 Å². The normalized spacial score (nSPS) is 9.92. The van der Waals surface area contributed by atoms with Crippen LogP contribution >= 0.6 is 0 Å². The van der Waals surface area contributed by atoms with Crippen LogP contribution in [0.15, 0.2) is 24.3 Å². The van der Waals surface area contributed by atoms with E-state index in [0.717, 1.165) is 0 Å². The summed E-state index contributed by atoms with van der Waals surface area (Å²) in [5, 5.41) is 4.77. The number of carbonyl (C=O) groups is 4. The molecule has 1 aromatic carbocycles. The first-order valence-corrected chi connectivity index (χ1v) is 7.74. The molecule has 0 unspecified atom stereocenters. The van der Waals surface area contributed by atoms with E-state index in [2.05, 4.69) is 10.6 Å². The monoisotopic (exact) mass is 350 g/mol. The van der Waals surface area contributed by atoms with Gasteiger partial charge >= 0.3 is 11.8 Å². The summed E-state index contributed by atoms with van der Waals surface area (Å²) in [5.41, 5.74) is 4.28. The van der Waals surface area contributed by atoms with Crippen molar-refractivity contribution in [3.05, 3.63) is 29.8 Å². The van der Waals surface area contributed by atoms with E-state index in [4.69, 9.17) is 4.74 Å². The van der Waals surface area contributed by atoms with Crippen molar-refractivity contribution in [1.82, 2.24) is 21.5 Å². The van der Waals surface area contributed by atoms with Crippen LogP contribution in [0.4, 0.5) is 0 Å². The van der Waals surface area contributed by atoms with Crippen molar-refractivity contribution in [3.63, 3.8) is 0 Å². The lowest BCUT2D eigenvalue weighted by Crippen LogP contribution is -2.51. The zero-order chi connectivity index (χ0) is 18.8. The number of ether oxygens (including phenoxy) is 1. The van der Waals surface area contributed by atoms with Gasteiger partial charge in [-0.3, -0.25) is 30.0 Å². The van der Waals surface area contributed by atoms with E-state index in [-0.39, 0.29) is 18.2 Å². The fourth-order valence-corrected chi connectivity index (χ4v) is 1.75. The number of rotatable bonds is 6. The molecule has 9 nitrogen and oxygen atoms in total. The van der Waals surface area contributed by atoms with Crippen molar-refractivity contribution >= 4 is 23.6 Å². The number of para-hydroxylation sites is 1. The van der Waals surface area contributed by atoms with Crippen LogP contribution < -0.4 is 26.2 Å². The van der Waals surface area contributed by atoms with Crippen molar-refractivity contribution in [1.29, 1.82) is 0 Å². The fraction of sp³-hybridized carbons (Fsp3) is 0.375. The second-order valence-electron chi connectivity index (χ2n) is 5.24. The number of hydrogen-bond acceptors (Lipinski definition) is 5. The smallest absolute Gasteiger partial charge is 0.327 e. The van der Waals surface area contributed by atoms with Crippen LogP contribution in [0.3, 0.4) is 0 Å². The minimum atomic E-state index is -1.00. The van der Waals surface area contributed by atoms with Gasteiger partial charge in [0, 0.05) is 6.04 Å². The van der Waals surface area contributed by atoms with Crippen molar-refractivity contribution in [2.75, 3.05) is 13.2 Å². The Hall–Kier alpha value is -3.10. The standard InChI is InChI=1S/C16H22N4O5/c1-4-25-12-8-6-5-7-11(12)14(22)17-9-13(21)19-20-16(24)15(23)18-10(2)3/h5-8,10H,4,9H2,1-3H3,(H,17,22)(H,18,23)(H,19,21)(H,20,24). The highest BCUT2D eigenvalue weighted by molar-refractivity contribution is 6.35. The zero-order valence-corrected chi connectivity index (χ0v) is 14.3. The second kappa shape index (κ2) is 9.91. The topological polar surface area (TPSA) is 126 Å². The third kappa shape index (κ3) is 6.90. The number of amides is 4. The first kappa shape index (κ1) is 19.9. The van der Waals surface area contributed by atoms with E-state index in [1.54, 1.807) is 45.0 Å². The maximum absolute atomic E-state index is 12.1. The molecule has 0 atom stereocenters. The summed E-state index contributed by atoms with van der Waals surface area (Å²) in [6, 6.07) is 6.40. The van der Waals surface area contributed by atoms with Crippen LogP contribution in [0.2, 0.25) is 0 Å². The van der Waals surface area contributed by atoms with Crippen LogP contribution in [0.25, 0.3) is 0 Å². The van der Waals surface area contributed by atoms with Crippen LogP contribution in [-0.2, 0) is 14.4 Å². The number of benzene rings is 1. The van der Waals surface area contributed by atoms with Gasteiger partial charge in [0.25, 0.3) is 11.8 Å². The van der Waals surface area contributed by atoms with E-state index in [0.29, 0.717) is 12.4 Å². The number of nitrogens with one attached hydrogen (secondary N) is 4. The summed E-state index contributed by atoms with van der Waals surface area (Å²) >= 11 is 0. The molecule has 4 amide bonds. The van der Waals surface area contributed by atoms with Gasteiger partial charge in [-0.15, -0.1) is 0 Å². The molecule has 9 heteroatoms. The Morgan fingerprint density at radius 2 is 1.72 bits per heavy atom.